The van der Waals surface area contributed by atoms with Gasteiger partial charge < -0.3 is 190 Å². The Morgan fingerprint density at radius 1 is 0.308 bits per heavy atom. The maximum Gasteiger partial charge on any atom is 0.220 e. The van der Waals surface area contributed by atoms with Gasteiger partial charge in [-0.05, 0) is 19.3 Å². The standard InChI is InChI=1S/C88H158N4O38/c1-6-8-10-12-14-16-18-20-21-22-23-24-25-27-29-31-33-35-37-39-60(103)92-51(52(102)38-36-34-32-30-28-26-19-17-15-13-11-9-7-2)46-117-85-74(114)72(112)78(58(45-98)124-85)127-88-76(116)81(68(108)59(125-88)47-118-82-62(90-49(4)100)70(110)77(57(44-97)123-82)126-86-73(113)71(111)65(105)54(41-94)121-86)130-87-75(115)80(67(107)56(43-96)122-87)129-84-63(91-50(5)101)79(66(106)55(42-95)120-84)128-83-61(89-48(3)99)69(109)64(104)53(40-93)119-83/h36,38,51-59,61-88,93-98,102,104-116H,6-35,37,39-47H2,1-5H3,(H,89,99)(H,90,100)(H,91,101)(H,92,103)/b38-36+/t51-,52+,53?,54?,55?,56?,57?,58?,59?,61?,62?,63?,64-,65-,66-,67-,68-,69+,70+,71-,72+,73?,74?,75?,76?,77+,78+,79+,80-,81-,82+,83+,84-,85+,86-,87+,88-/m0/s1. The van der Waals surface area contributed by atoms with Crippen molar-refractivity contribution in [2.24, 2.45) is 0 Å². The highest BCUT2D eigenvalue weighted by Crippen LogP contribution is 2.39. The van der Waals surface area contributed by atoms with Gasteiger partial charge in [-0.15, -0.1) is 0 Å². The molecule has 37 atom stereocenters. The van der Waals surface area contributed by atoms with Gasteiger partial charge in [0.2, 0.25) is 23.6 Å². The molecule has 758 valence electrons. The first-order valence-corrected chi connectivity index (χ1v) is 47.5. The van der Waals surface area contributed by atoms with E-state index in [-0.39, 0.29) is 6.42 Å². The van der Waals surface area contributed by atoms with Crippen LogP contribution in [0.5, 0.6) is 0 Å². The molecule has 7 fully saturated rings. The second-order valence-corrected chi connectivity index (χ2v) is 35.7. The highest BCUT2D eigenvalue weighted by molar-refractivity contribution is 5.76. The van der Waals surface area contributed by atoms with Crippen LogP contribution in [0.15, 0.2) is 12.2 Å². The van der Waals surface area contributed by atoms with Gasteiger partial charge in [-0.25, -0.2) is 0 Å². The Labute approximate surface area is 761 Å². The van der Waals surface area contributed by atoms with Crippen LogP contribution in [0.3, 0.4) is 0 Å². The quantitative estimate of drug-likeness (QED) is 0.0215. The molecule has 7 saturated heterocycles. The summed E-state index contributed by atoms with van der Waals surface area (Å²) in [5, 5.41) is 236. The fraction of sp³-hybridized carbons (Fsp3) is 0.932. The smallest absolute Gasteiger partial charge is 0.220 e. The molecular weight excluding hydrogens is 1720 g/mol. The van der Waals surface area contributed by atoms with E-state index < -0.39 is 303 Å². The normalized spacial score (nSPS) is 37.2. The molecule has 0 bridgehead atoms. The molecule has 130 heavy (non-hydrogen) atoms. The number of aliphatic hydroxyl groups is 20. The largest absolute Gasteiger partial charge is 0.394 e. The van der Waals surface area contributed by atoms with Gasteiger partial charge in [0.05, 0.1) is 65.0 Å². The number of carbonyl (C=O) groups excluding carboxylic acids is 4. The average Bonchev–Trinajstić information content (AvgIpc) is 0.799. The molecule has 7 aliphatic rings. The number of nitrogens with one attached hydrogen (secondary N) is 4. The third-order valence-electron chi connectivity index (χ3n) is 25.2. The minimum Gasteiger partial charge on any atom is -0.394 e. The molecule has 42 heteroatoms. The van der Waals surface area contributed by atoms with E-state index in [1.165, 1.54) is 122 Å². The molecule has 14 unspecified atom stereocenters. The summed E-state index contributed by atoms with van der Waals surface area (Å²) in [5.41, 5.74) is 0. The number of ether oxygens (including phenoxy) is 14. The summed E-state index contributed by atoms with van der Waals surface area (Å²) < 4.78 is 84.2. The molecule has 0 aromatic rings. The summed E-state index contributed by atoms with van der Waals surface area (Å²) in [4.78, 5) is 52.3. The van der Waals surface area contributed by atoms with Crippen molar-refractivity contribution in [2.45, 2.75) is 467 Å². The fourth-order valence-electron chi connectivity index (χ4n) is 17.6. The van der Waals surface area contributed by atoms with Crippen LogP contribution in [0.1, 0.15) is 240 Å². The third-order valence-corrected chi connectivity index (χ3v) is 25.2. The third kappa shape index (κ3) is 34.4. The van der Waals surface area contributed by atoms with Gasteiger partial charge in [-0.3, -0.25) is 19.2 Å². The number of hydrogen-bond donors (Lipinski definition) is 24. The molecule has 42 nitrogen and oxygen atoms in total. The minimum absolute atomic E-state index is 0.121. The second-order valence-electron chi connectivity index (χ2n) is 35.7. The lowest BCUT2D eigenvalue weighted by Crippen LogP contribution is -2.71. The molecule has 24 N–H and O–H groups in total. The second kappa shape index (κ2) is 60.2. The topological polar surface area (TPSA) is 650 Å². The number of amides is 4. The Kier molecular flexibility index (Phi) is 52.4. The van der Waals surface area contributed by atoms with Gasteiger partial charge >= 0.3 is 0 Å². The predicted octanol–water partition coefficient (Wildman–Crippen LogP) is -2.90. The molecule has 0 aliphatic carbocycles. The Bertz CT molecular complexity index is 3130. The predicted molar refractivity (Wildman–Crippen MR) is 456 cm³/mol. The molecule has 7 aliphatic heterocycles. The average molecular weight is 1880 g/mol. The van der Waals surface area contributed by atoms with Crippen LogP contribution >= 0.6 is 0 Å². The lowest BCUT2D eigenvalue weighted by molar-refractivity contribution is -0.392. The number of aliphatic hydroxyl groups excluding tert-OH is 20. The molecule has 0 aromatic carbocycles. The van der Waals surface area contributed by atoms with E-state index in [4.69, 9.17) is 66.3 Å². The first-order valence-electron chi connectivity index (χ1n) is 47.5. The van der Waals surface area contributed by atoms with Gasteiger partial charge in [0.25, 0.3) is 0 Å². The van der Waals surface area contributed by atoms with E-state index in [0.29, 0.717) is 12.8 Å². The lowest BCUT2D eigenvalue weighted by atomic mass is 9.93. The molecule has 4 amide bonds. The highest BCUT2D eigenvalue weighted by atomic mass is 16.8. The SMILES string of the molecule is CCCCCCCCCCCCC/C=C/[C@@H](O)[C@H](CO[C@@H]1OC(CO)[C@@H](O[C@@H]2OC(CO[C@@H]3OC(CO)[C@@H](O[C@@H]4OC(CO)[C@H](O)[C@H](O)C4O)[C@H](O)C3NC(C)=O)[C@H](O)[C@H](O[C@H]3OC(CO)[C@H](O)[C@H](O[C@@H]4OC(CO)[C@H](O)[C@H](O[C@H]5OC(CO)[C@H](O)[C@H](O)C5NC(C)=O)C4NC(C)=O)C3O)C2O)[C@H](O)C1O)NC(=O)CCCCCCCCCCCCCCCCCCCCC. The maximum atomic E-state index is 13.8. The van der Waals surface area contributed by atoms with Crippen molar-refractivity contribution in [1.82, 2.24) is 21.3 Å². The van der Waals surface area contributed by atoms with Gasteiger partial charge in [0.1, 0.15) is 171 Å². The van der Waals surface area contributed by atoms with Crippen molar-refractivity contribution < 1.29 is 188 Å². The van der Waals surface area contributed by atoms with Crippen molar-refractivity contribution in [3.8, 4) is 0 Å². The first-order chi connectivity index (χ1) is 62.4. The van der Waals surface area contributed by atoms with Crippen LogP contribution in [-0.4, -0.2) is 406 Å². The van der Waals surface area contributed by atoms with Crippen molar-refractivity contribution in [2.75, 3.05) is 52.9 Å². The zero-order valence-corrected chi connectivity index (χ0v) is 76.1. The van der Waals surface area contributed by atoms with Crippen molar-refractivity contribution in [1.29, 1.82) is 0 Å². The number of carbonyl (C=O) groups is 4. The van der Waals surface area contributed by atoms with Crippen LogP contribution in [-0.2, 0) is 85.5 Å². The van der Waals surface area contributed by atoms with Crippen LogP contribution in [0.2, 0.25) is 0 Å². The van der Waals surface area contributed by atoms with Gasteiger partial charge in [-0.1, -0.05) is 206 Å². The zero-order valence-electron chi connectivity index (χ0n) is 76.1. The Morgan fingerprint density at radius 2 is 0.631 bits per heavy atom. The van der Waals surface area contributed by atoms with Gasteiger partial charge in [0, 0.05) is 27.2 Å². The van der Waals surface area contributed by atoms with E-state index in [9.17, 15) is 121 Å². The highest BCUT2D eigenvalue weighted by Gasteiger charge is 2.59. The summed E-state index contributed by atoms with van der Waals surface area (Å²) in [5.74, 6) is -2.92. The number of allylic oxidation sites excluding steroid dienone is 1. The number of rotatable bonds is 60. The zero-order chi connectivity index (χ0) is 95.1. The lowest BCUT2D eigenvalue weighted by Gasteiger charge is -2.51. The molecule has 7 heterocycles. The summed E-state index contributed by atoms with van der Waals surface area (Å²) in [6, 6.07) is -6.41. The van der Waals surface area contributed by atoms with Crippen molar-refractivity contribution in [3.63, 3.8) is 0 Å². The van der Waals surface area contributed by atoms with Crippen LogP contribution in [0.25, 0.3) is 0 Å². The molecule has 0 aromatic heterocycles. The number of unbranched alkanes of at least 4 members (excludes halogenated alkanes) is 29. The fourth-order valence-corrected chi connectivity index (χ4v) is 17.6. The molecule has 0 saturated carbocycles. The molecule has 0 radical (unpaired) electrons. The summed E-state index contributed by atoms with van der Waals surface area (Å²) in [6.45, 7) is -0.182. The van der Waals surface area contributed by atoms with Crippen LogP contribution in [0, 0.1) is 0 Å². The number of hydrogen-bond acceptors (Lipinski definition) is 38. The summed E-state index contributed by atoms with van der Waals surface area (Å²) in [7, 11) is 0. The minimum atomic E-state index is -2.42. The van der Waals surface area contributed by atoms with Crippen molar-refractivity contribution in [3.05, 3.63) is 12.2 Å². The van der Waals surface area contributed by atoms with Gasteiger partial charge in [0.15, 0.2) is 44.0 Å². The van der Waals surface area contributed by atoms with Crippen LogP contribution < -0.4 is 21.3 Å². The molecule has 7 rings (SSSR count). The van der Waals surface area contributed by atoms with E-state index in [0.717, 1.165) is 85.0 Å². The molecule has 0 spiro atoms. The summed E-state index contributed by atoms with van der Waals surface area (Å²) >= 11 is 0. The van der Waals surface area contributed by atoms with E-state index in [1.807, 2.05) is 6.08 Å². The van der Waals surface area contributed by atoms with Crippen molar-refractivity contribution >= 4 is 23.6 Å². The van der Waals surface area contributed by atoms with E-state index in [2.05, 4.69) is 35.1 Å². The summed E-state index contributed by atoms with van der Waals surface area (Å²) in [6.07, 6.45) is -26.3. The van der Waals surface area contributed by atoms with Crippen LogP contribution in [0.4, 0.5) is 0 Å². The first kappa shape index (κ1) is 113. The van der Waals surface area contributed by atoms with E-state index >= 15 is 0 Å². The Balaban J connectivity index is 1.10. The molecular formula is C88H158N4O38. The Hall–Kier alpha value is -3.74. The Morgan fingerprint density at radius 3 is 1.08 bits per heavy atom. The monoisotopic (exact) mass is 1880 g/mol. The van der Waals surface area contributed by atoms with E-state index in [1.54, 1.807) is 6.08 Å². The maximum absolute atomic E-state index is 13.8. The van der Waals surface area contributed by atoms with Gasteiger partial charge in [-0.2, -0.15) is 0 Å².